The van der Waals surface area contributed by atoms with Gasteiger partial charge in [-0.15, -0.1) is 0 Å². The van der Waals surface area contributed by atoms with Crippen LogP contribution in [0.5, 0.6) is 0 Å². The first kappa shape index (κ1) is 30.5. The molecule has 2 heterocycles. The second kappa shape index (κ2) is 13.2. The molecule has 0 fully saturated rings. The minimum absolute atomic E-state index is 0.385. The van der Waals surface area contributed by atoms with Gasteiger partial charge >= 0.3 is 0 Å². The number of aromatic nitrogens is 2. The molecule has 0 saturated heterocycles. The van der Waals surface area contributed by atoms with Crippen LogP contribution in [0.4, 0.5) is 11.4 Å². The molecule has 0 amide bonds. The molecular formula is C23H25N4O9S2-. The summed E-state index contributed by atoms with van der Waals surface area (Å²) in [5, 5.41) is 17.2. The number of aryl methyl sites for hydroxylation is 2. The summed E-state index contributed by atoms with van der Waals surface area (Å²) >= 11 is 0. The number of fused-ring (bicyclic) bond motifs is 2. The molecule has 0 spiro atoms. The van der Waals surface area contributed by atoms with Crippen LogP contribution in [0.1, 0.15) is 0 Å². The highest BCUT2D eigenvalue weighted by Crippen LogP contribution is 2.20. The van der Waals surface area contributed by atoms with Crippen molar-refractivity contribution in [3.05, 3.63) is 73.1 Å². The van der Waals surface area contributed by atoms with E-state index >= 15 is 0 Å². The maximum Gasteiger partial charge on any atom is 0.217 e. The fourth-order valence-electron chi connectivity index (χ4n) is 3.13. The van der Waals surface area contributed by atoms with Gasteiger partial charge in [-0.1, -0.05) is 0 Å². The van der Waals surface area contributed by atoms with Crippen molar-refractivity contribution in [2.45, 2.75) is 0 Å². The van der Waals surface area contributed by atoms with Crippen LogP contribution in [-0.4, -0.2) is 46.2 Å². The molecule has 1 N–H and O–H groups in total. The van der Waals surface area contributed by atoms with Crippen LogP contribution in [0, 0.1) is 0 Å². The number of aliphatic imine (C=N–C) groups is 1. The summed E-state index contributed by atoms with van der Waals surface area (Å²) in [4.78, 5) is 4.17. The van der Waals surface area contributed by atoms with Crippen molar-refractivity contribution < 1.29 is 48.5 Å². The first-order valence-corrected chi connectivity index (χ1v) is 13.2. The number of nitrogens with one attached hydrogen (secondary N) is 1. The number of hydrogen-bond acceptors (Lipinski definition) is 10. The smallest absolute Gasteiger partial charge is 0.217 e. The van der Waals surface area contributed by atoms with Crippen molar-refractivity contribution >= 4 is 60.0 Å². The summed E-state index contributed by atoms with van der Waals surface area (Å²) in [5.74, 6) is 0. The molecular weight excluding hydrogens is 540 g/mol. The first-order chi connectivity index (χ1) is 17.7. The maximum atomic E-state index is 12.3. The monoisotopic (exact) mass is 565 g/mol. The Morgan fingerprint density at radius 3 is 1.71 bits per heavy atom. The van der Waals surface area contributed by atoms with Crippen LogP contribution in [-0.2, 0) is 43.3 Å². The number of rotatable bonds is 4. The van der Waals surface area contributed by atoms with Crippen molar-refractivity contribution in [3.63, 3.8) is 0 Å². The second-order valence-electron chi connectivity index (χ2n) is 7.45. The summed E-state index contributed by atoms with van der Waals surface area (Å²) < 4.78 is 66.1. The van der Waals surface area contributed by atoms with E-state index in [1.165, 1.54) is 0 Å². The molecule has 2 aromatic carbocycles. The lowest BCUT2D eigenvalue weighted by Gasteiger charge is -2.14. The van der Waals surface area contributed by atoms with E-state index in [1.807, 2.05) is 96.3 Å². The molecule has 0 aliphatic heterocycles. The zero-order valence-electron chi connectivity index (χ0n) is 20.8. The zero-order valence-corrected chi connectivity index (χ0v) is 22.4. The fourth-order valence-corrected chi connectivity index (χ4v) is 3.13. The average molecular weight is 566 g/mol. The fraction of sp³-hybridized carbons (Fsp3) is 0.174. The molecule has 4 rings (SSSR count). The molecule has 204 valence electrons. The third kappa shape index (κ3) is 9.97. The lowest BCUT2D eigenvalue weighted by atomic mass is 10.2. The Balaban J connectivity index is 0.000000355. The van der Waals surface area contributed by atoms with Crippen LogP contribution in [0.25, 0.3) is 21.8 Å². The SMILES string of the molecule is COS(=O)(=O)[O-].COS(=O)(=O)[O-].C[n+]1cccc2cc(N=C([O-])Nc3ccc4c(ccc[n+]4C)c3)ccc21. The molecule has 0 aliphatic carbocycles. The van der Waals surface area contributed by atoms with Crippen molar-refractivity contribution in [2.24, 2.45) is 19.1 Å². The Bertz CT molecular complexity index is 1630. The maximum absolute atomic E-state index is 12.3. The molecule has 15 heteroatoms. The minimum atomic E-state index is -4.41. The van der Waals surface area contributed by atoms with Gasteiger partial charge in [0.25, 0.3) is 0 Å². The van der Waals surface area contributed by atoms with Crippen LogP contribution < -0.4 is 19.6 Å². The van der Waals surface area contributed by atoms with Crippen molar-refractivity contribution in [1.29, 1.82) is 0 Å². The average Bonchev–Trinajstić information content (AvgIpc) is 2.84. The standard InChI is InChI=1S/C21H19N4O.2CH4O4S/c1-24-11-3-5-15-13-17(7-9-19(15)24)22-21(26)23-18-8-10-20-16(14-18)6-4-12-25(20)2;2*1-5-6(2,3)4/h3-14H,1-2H3,(H-,22,23,26);2*1H3,(H,2,3,4)/q+1;;/p-2. The van der Waals surface area contributed by atoms with E-state index in [4.69, 9.17) is 0 Å². The number of hydrogen-bond donors (Lipinski definition) is 1. The van der Waals surface area contributed by atoms with Gasteiger partial charge in [-0.25, -0.2) is 31.0 Å². The molecule has 0 atom stereocenters. The number of nitrogens with zero attached hydrogens (tertiary/aromatic N) is 3. The first-order valence-electron chi connectivity index (χ1n) is 10.5. The minimum Gasteiger partial charge on any atom is -0.846 e. The van der Waals surface area contributed by atoms with E-state index < -0.39 is 20.8 Å². The van der Waals surface area contributed by atoms with E-state index in [2.05, 4.69) is 18.7 Å². The van der Waals surface area contributed by atoms with Gasteiger partial charge in [0.1, 0.15) is 14.1 Å². The van der Waals surface area contributed by atoms with E-state index in [0.717, 1.165) is 41.7 Å². The quantitative estimate of drug-likeness (QED) is 0.118. The highest BCUT2D eigenvalue weighted by molar-refractivity contribution is 7.81. The van der Waals surface area contributed by atoms with E-state index in [-0.39, 0.29) is 6.02 Å². The summed E-state index contributed by atoms with van der Waals surface area (Å²) in [6.45, 7) is 0. The summed E-state index contributed by atoms with van der Waals surface area (Å²) in [6, 6.07) is 19.1. The van der Waals surface area contributed by atoms with Gasteiger partial charge in [-0.2, -0.15) is 0 Å². The lowest BCUT2D eigenvalue weighted by Crippen LogP contribution is -2.28. The Kier molecular flexibility index (Phi) is 10.6. The molecule has 0 unspecified atom stereocenters. The topological polar surface area (TPSA) is 188 Å². The number of benzene rings is 2. The molecule has 4 aromatic rings. The zero-order chi connectivity index (χ0) is 28.5. The molecule has 13 nitrogen and oxygen atoms in total. The second-order valence-corrected chi connectivity index (χ2v) is 9.75. The van der Waals surface area contributed by atoms with Gasteiger partial charge in [-0.3, -0.25) is 8.37 Å². The highest BCUT2D eigenvalue weighted by atomic mass is 32.3. The Morgan fingerprint density at radius 2 is 1.24 bits per heavy atom. The van der Waals surface area contributed by atoms with E-state index in [1.54, 1.807) is 0 Å². The van der Waals surface area contributed by atoms with Gasteiger partial charge in [0.05, 0.1) is 25.9 Å². The molecule has 0 radical (unpaired) electrons. The normalized spacial score (nSPS) is 11.8. The van der Waals surface area contributed by atoms with Crippen molar-refractivity contribution in [3.8, 4) is 0 Å². The van der Waals surface area contributed by atoms with Crippen LogP contribution >= 0.6 is 0 Å². The largest absolute Gasteiger partial charge is 0.846 e. The van der Waals surface area contributed by atoms with Crippen molar-refractivity contribution in [1.82, 2.24) is 0 Å². The Morgan fingerprint density at radius 1 is 0.789 bits per heavy atom. The van der Waals surface area contributed by atoms with E-state index in [9.17, 15) is 31.0 Å². The summed E-state index contributed by atoms with van der Waals surface area (Å²) in [7, 11) is -3.22. The molecule has 2 aromatic heterocycles. The van der Waals surface area contributed by atoms with Crippen LogP contribution in [0.3, 0.4) is 0 Å². The Hall–Kier alpha value is -3.73. The number of pyridine rings is 2. The predicted octanol–water partition coefficient (Wildman–Crippen LogP) is 0.288. The highest BCUT2D eigenvalue weighted by Gasteiger charge is 2.05. The van der Waals surface area contributed by atoms with Gasteiger partial charge < -0.3 is 19.5 Å². The molecule has 0 aliphatic rings. The number of amidine groups is 1. The predicted molar refractivity (Wildman–Crippen MR) is 134 cm³/mol. The molecule has 0 bridgehead atoms. The van der Waals surface area contributed by atoms with Gasteiger partial charge in [-0.05, 0) is 36.4 Å². The summed E-state index contributed by atoms with van der Waals surface area (Å²) in [6.07, 6.45) is 3.99. The third-order valence-electron chi connectivity index (χ3n) is 4.86. The lowest BCUT2D eigenvalue weighted by molar-refractivity contribution is -0.645. The van der Waals surface area contributed by atoms with Gasteiger partial charge in [0.15, 0.2) is 12.4 Å². The Labute approximate surface area is 220 Å². The third-order valence-corrected chi connectivity index (χ3v) is 5.68. The molecule has 0 saturated carbocycles. The number of anilines is 1. The van der Waals surface area contributed by atoms with Crippen LogP contribution in [0.15, 0.2) is 78.0 Å². The van der Waals surface area contributed by atoms with Gasteiger partial charge in [0.2, 0.25) is 31.8 Å². The molecule has 38 heavy (non-hydrogen) atoms. The summed E-state index contributed by atoms with van der Waals surface area (Å²) in [5.41, 5.74) is 3.55. The van der Waals surface area contributed by atoms with E-state index in [0.29, 0.717) is 5.69 Å². The van der Waals surface area contributed by atoms with Crippen molar-refractivity contribution in [2.75, 3.05) is 19.5 Å². The van der Waals surface area contributed by atoms with Crippen LogP contribution in [0.2, 0.25) is 0 Å². The van der Waals surface area contributed by atoms with Gasteiger partial charge in [0, 0.05) is 40.7 Å².